The minimum Gasteiger partial charge on any atom is -0.381 e. The average molecular weight is 282 g/mol. The van der Waals surface area contributed by atoms with E-state index in [4.69, 9.17) is 4.74 Å². The van der Waals surface area contributed by atoms with Crippen LogP contribution in [-0.2, 0) is 14.3 Å². The van der Waals surface area contributed by atoms with Crippen molar-refractivity contribution >= 4 is 11.8 Å². The molecule has 20 heavy (non-hydrogen) atoms. The zero-order valence-electron chi connectivity index (χ0n) is 12.8. The van der Waals surface area contributed by atoms with Crippen LogP contribution in [0.3, 0.4) is 0 Å². The minimum absolute atomic E-state index is 0.0350. The fourth-order valence-electron chi connectivity index (χ4n) is 3.37. The highest BCUT2D eigenvalue weighted by atomic mass is 16.5. The van der Waals surface area contributed by atoms with Gasteiger partial charge in [0.05, 0.1) is 6.54 Å². The van der Waals surface area contributed by atoms with Crippen molar-refractivity contribution in [3.63, 3.8) is 0 Å². The molecule has 5 heteroatoms. The molecule has 2 saturated heterocycles. The molecule has 0 bridgehead atoms. The molecule has 2 amide bonds. The van der Waals surface area contributed by atoms with Gasteiger partial charge in [-0.2, -0.15) is 0 Å². The molecule has 114 valence electrons. The number of hydrogen-bond acceptors (Lipinski definition) is 3. The molecule has 5 nitrogen and oxygen atoms in total. The van der Waals surface area contributed by atoms with Crippen LogP contribution in [0, 0.1) is 5.92 Å². The molecule has 0 aromatic rings. The lowest BCUT2D eigenvalue weighted by atomic mass is 9.85. The van der Waals surface area contributed by atoms with Gasteiger partial charge in [0.15, 0.2) is 0 Å². The Bertz CT molecular complexity index is 373. The first-order valence-corrected chi connectivity index (χ1v) is 7.74. The van der Waals surface area contributed by atoms with Gasteiger partial charge >= 0.3 is 0 Å². The van der Waals surface area contributed by atoms with E-state index in [9.17, 15) is 9.59 Å². The van der Waals surface area contributed by atoms with Crippen LogP contribution in [0.2, 0.25) is 0 Å². The Morgan fingerprint density at radius 2 is 1.90 bits per heavy atom. The Labute approximate surface area is 121 Å². The van der Waals surface area contributed by atoms with E-state index >= 15 is 0 Å². The average Bonchev–Trinajstić information content (AvgIpc) is 2.49. The second-order valence-electron chi connectivity index (χ2n) is 5.96. The number of carbonyl (C=O) groups excluding carboxylic acids is 2. The van der Waals surface area contributed by atoms with Gasteiger partial charge in [0, 0.05) is 19.3 Å². The summed E-state index contributed by atoms with van der Waals surface area (Å²) >= 11 is 0. The summed E-state index contributed by atoms with van der Waals surface area (Å²) in [5.74, 6) is 0.485. The van der Waals surface area contributed by atoms with E-state index in [0.717, 1.165) is 26.1 Å². The Hall–Kier alpha value is -1.10. The van der Waals surface area contributed by atoms with Crippen LogP contribution in [0.4, 0.5) is 0 Å². The lowest BCUT2D eigenvalue weighted by Crippen LogP contribution is -2.68. The van der Waals surface area contributed by atoms with Crippen molar-refractivity contribution in [2.24, 2.45) is 5.92 Å². The molecule has 0 saturated carbocycles. The third-order valence-corrected chi connectivity index (χ3v) is 5.01. The second kappa shape index (κ2) is 6.12. The van der Waals surface area contributed by atoms with Crippen molar-refractivity contribution < 1.29 is 14.3 Å². The molecule has 0 aromatic heterocycles. The van der Waals surface area contributed by atoms with Crippen LogP contribution in [0.15, 0.2) is 0 Å². The normalized spacial score (nSPS) is 25.4. The fraction of sp³-hybridized carbons (Fsp3) is 0.867. The molecule has 0 aromatic carbocycles. The summed E-state index contributed by atoms with van der Waals surface area (Å²) in [6.07, 6.45) is 3.23. The molecule has 1 unspecified atom stereocenters. The fourth-order valence-corrected chi connectivity index (χ4v) is 3.37. The van der Waals surface area contributed by atoms with Gasteiger partial charge in [-0.15, -0.1) is 0 Å². The highest BCUT2D eigenvalue weighted by molar-refractivity contribution is 5.98. The Kier molecular flexibility index (Phi) is 4.68. The van der Waals surface area contributed by atoms with Gasteiger partial charge in [-0.3, -0.25) is 9.59 Å². The van der Waals surface area contributed by atoms with Crippen LogP contribution in [-0.4, -0.2) is 48.1 Å². The molecule has 2 fully saturated rings. The Balaban J connectivity index is 2.16. The molecular weight excluding hydrogens is 256 g/mol. The van der Waals surface area contributed by atoms with Gasteiger partial charge in [-0.05, 0) is 38.5 Å². The van der Waals surface area contributed by atoms with Crippen molar-refractivity contribution in [1.29, 1.82) is 0 Å². The molecule has 0 spiro atoms. The number of carbonyl (C=O) groups is 2. The molecule has 1 atom stereocenters. The minimum atomic E-state index is -0.700. The summed E-state index contributed by atoms with van der Waals surface area (Å²) in [6, 6.07) is 0.106. The van der Waals surface area contributed by atoms with Crippen molar-refractivity contribution in [3.05, 3.63) is 0 Å². The monoisotopic (exact) mass is 282 g/mol. The van der Waals surface area contributed by atoms with Gasteiger partial charge in [-0.25, -0.2) is 0 Å². The maximum atomic E-state index is 12.8. The lowest BCUT2D eigenvalue weighted by Gasteiger charge is -2.45. The third kappa shape index (κ3) is 2.68. The number of ether oxygens (including phenoxy) is 1. The third-order valence-electron chi connectivity index (χ3n) is 5.01. The summed E-state index contributed by atoms with van der Waals surface area (Å²) in [4.78, 5) is 26.6. The molecule has 2 aliphatic rings. The first kappa shape index (κ1) is 15.3. The van der Waals surface area contributed by atoms with E-state index < -0.39 is 5.54 Å². The van der Waals surface area contributed by atoms with Crippen molar-refractivity contribution in [1.82, 2.24) is 10.2 Å². The van der Waals surface area contributed by atoms with E-state index in [0.29, 0.717) is 18.8 Å². The quantitative estimate of drug-likeness (QED) is 0.846. The predicted octanol–water partition coefficient (Wildman–Crippen LogP) is 1.32. The van der Waals surface area contributed by atoms with Crippen LogP contribution in [0.1, 0.15) is 46.5 Å². The summed E-state index contributed by atoms with van der Waals surface area (Å²) in [7, 11) is 0. The summed E-state index contributed by atoms with van der Waals surface area (Å²) in [5.41, 5.74) is -0.700. The number of hydrogen-bond donors (Lipinski definition) is 1. The van der Waals surface area contributed by atoms with Crippen LogP contribution in [0.5, 0.6) is 0 Å². The number of nitrogens with one attached hydrogen (secondary N) is 1. The second-order valence-corrected chi connectivity index (χ2v) is 5.96. The molecule has 0 radical (unpaired) electrons. The predicted molar refractivity (Wildman–Crippen MR) is 76.2 cm³/mol. The number of rotatable bonds is 4. The zero-order valence-corrected chi connectivity index (χ0v) is 12.8. The summed E-state index contributed by atoms with van der Waals surface area (Å²) in [6.45, 7) is 7.71. The van der Waals surface area contributed by atoms with Gasteiger partial charge in [0.25, 0.3) is 0 Å². The van der Waals surface area contributed by atoms with E-state index in [1.54, 1.807) is 4.90 Å². The first-order valence-electron chi connectivity index (χ1n) is 7.74. The van der Waals surface area contributed by atoms with Crippen molar-refractivity contribution in [2.45, 2.75) is 58.0 Å². The Morgan fingerprint density at radius 1 is 1.30 bits per heavy atom. The highest BCUT2D eigenvalue weighted by Crippen LogP contribution is 2.28. The maximum absolute atomic E-state index is 12.8. The van der Waals surface area contributed by atoms with E-state index in [1.165, 1.54) is 0 Å². The summed E-state index contributed by atoms with van der Waals surface area (Å²) < 4.78 is 5.39. The number of nitrogens with zero attached hydrogens (tertiary/aromatic N) is 1. The SMILES string of the molecule is CCC1(CC)NC(=O)CN(C(C)C2CCOCC2)C1=O. The topological polar surface area (TPSA) is 58.6 Å². The van der Waals surface area contributed by atoms with E-state index in [2.05, 4.69) is 12.2 Å². The van der Waals surface area contributed by atoms with Crippen LogP contribution < -0.4 is 5.32 Å². The van der Waals surface area contributed by atoms with Gasteiger partial charge in [-0.1, -0.05) is 13.8 Å². The molecule has 1 N–H and O–H groups in total. The molecule has 2 heterocycles. The summed E-state index contributed by atoms with van der Waals surface area (Å²) in [5, 5.41) is 2.91. The van der Waals surface area contributed by atoms with Crippen LogP contribution in [0.25, 0.3) is 0 Å². The molecule has 2 aliphatic heterocycles. The van der Waals surface area contributed by atoms with E-state index in [-0.39, 0.29) is 24.4 Å². The molecular formula is C15H26N2O3. The first-order chi connectivity index (χ1) is 9.54. The maximum Gasteiger partial charge on any atom is 0.249 e. The van der Waals surface area contributed by atoms with Crippen molar-refractivity contribution in [2.75, 3.05) is 19.8 Å². The van der Waals surface area contributed by atoms with Gasteiger partial charge < -0.3 is 15.0 Å². The van der Waals surface area contributed by atoms with Crippen LogP contribution >= 0.6 is 0 Å². The zero-order chi connectivity index (χ0) is 14.8. The number of amides is 2. The highest BCUT2D eigenvalue weighted by Gasteiger charge is 2.46. The largest absolute Gasteiger partial charge is 0.381 e. The number of piperazine rings is 1. The Morgan fingerprint density at radius 3 is 2.45 bits per heavy atom. The molecule has 0 aliphatic carbocycles. The van der Waals surface area contributed by atoms with Gasteiger partial charge in [0.2, 0.25) is 11.8 Å². The van der Waals surface area contributed by atoms with Crippen molar-refractivity contribution in [3.8, 4) is 0 Å². The molecule has 2 rings (SSSR count). The smallest absolute Gasteiger partial charge is 0.249 e. The lowest BCUT2D eigenvalue weighted by molar-refractivity contribution is -0.154. The standard InChI is InChI=1S/C15H26N2O3/c1-4-15(5-2)14(19)17(10-13(18)16-15)11(3)12-6-8-20-9-7-12/h11-12H,4-10H2,1-3H3,(H,16,18). The van der Waals surface area contributed by atoms with E-state index in [1.807, 2.05) is 13.8 Å². The van der Waals surface area contributed by atoms with Gasteiger partial charge in [0.1, 0.15) is 5.54 Å².